The molecule has 166 valence electrons. The molecule has 2 aromatic heterocycles. The van der Waals surface area contributed by atoms with E-state index in [0.717, 1.165) is 10.9 Å². The molecule has 0 unspecified atom stereocenters. The Hall–Kier alpha value is -4.83. The number of methoxy groups -OCH3 is 1. The average molecular weight is 449 g/mol. The third-order valence-corrected chi connectivity index (χ3v) is 5.22. The maximum atomic E-state index is 13.4. The van der Waals surface area contributed by atoms with Gasteiger partial charge in [-0.3, -0.25) is 4.79 Å². The van der Waals surface area contributed by atoms with Gasteiger partial charge in [-0.2, -0.15) is 9.78 Å². The van der Waals surface area contributed by atoms with Gasteiger partial charge in [-0.15, -0.1) is 6.42 Å². The number of furan rings is 1. The first-order valence-corrected chi connectivity index (χ1v) is 10.5. The van der Waals surface area contributed by atoms with Gasteiger partial charge in [0, 0.05) is 0 Å². The number of aromatic nitrogens is 2. The molecule has 0 atom stereocenters. The van der Waals surface area contributed by atoms with Crippen molar-refractivity contribution < 1.29 is 13.9 Å². The lowest BCUT2D eigenvalue weighted by atomic mass is 10.2. The molecule has 34 heavy (non-hydrogen) atoms. The van der Waals surface area contributed by atoms with Gasteiger partial charge in [-0.25, -0.2) is 4.98 Å². The standard InChI is InChI=1S/C27H19N3O4/c1-3-14-33-19-9-6-8-18(15-19)17-28-30-26(29-22-11-5-4-10-20(22)27(30)31)25-16-21-23(32-2)12-7-13-24(21)34-25/h1,4-13,15-17H,14H2,2H3. The topological polar surface area (TPSA) is 78.8 Å². The van der Waals surface area contributed by atoms with Crippen LogP contribution in [0.3, 0.4) is 0 Å². The van der Waals surface area contributed by atoms with Crippen molar-refractivity contribution in [3.8, 4) is 35.4 Å². The minimum Gasteiger partial charge on any atom is -0.496 e. The highest BCUT2D eigenvalue weighted by Crippen LogP contribution is 2.32. The van der Waals surface area contributed by atoms with Gasteiger partial charge in [0.25, 0.3) is 5.56 Å². The summed E-state index contributed by atoms with van der Waals surface area (Å²) in [5.74, 6) is 4.37. The Morgan fingerprint density at radius 3 is 2.79 bits per heavy atom. The minimum absolute atomic E-state index is 0.161. The SMILES string of the molecule is C#CCOc1cccc(C=Nn2c(-c3cc4c(OC)cccc4o3)nc3ccccc3c2=O)c1. The summed E-state index contributed by atoms with van der Waals surface area (Å²) in [5.41, 5.74) is 1.58. The second kappa shape index (κ2) is 8.96. The van der Waals surface area contributed by atoms with Gasteiger partial charge in [-0.1, -0.05) is 36.3 Å². The number of hydrogen-bond acceptors (Lipinski definition) is 6. The molecule has 0 radical (unpaired) electrons. The van der Waals surface area contributed by atoms with Gasteiger partial charge < -0.3 is 13.9 Å². The van der Waals surface area contributed by atoms with E-state index >= 15 is 0 Å². The van der Waals surface area contributed by atoms with Crippen molar-refractivity contribution in [3.05, 3.63) is 88.7 Å². The van der Waals surface area contributed by atoms with Gasteiger partial charge in [0.05, 0.1) is 29.6 Å². The first kappa shape index (κ1) is 21.0. The number of terminal acetylenes is 1. The van der Waals surface area contributed by atoms with Crippen LogP contribution >= 0.6 is 0 Å². The molecule has 0 saturated carbocycles. The summed E-state index contributed by atoms with van der Waals surface area (Å²) in [6, 6.07) is 21.7. The van der Waals surface area contributed by atoms with Gasteiger partial charge in [0.2, 0.25) is 5.82 Å². The van der Waals surface area contributed by atoms with Crippen LogP contribution in [0.2, 0.25) is 0 Å². The lowest BCUT2D eigenvalue weighted by molar-refractivity contribution is 0.370. The molecule has 3 aromatic carbocycles. The van der Waals surface area contributed by atoms with Gasteiger partial charge in [0.1, 0.15) is 23.7 Å². The number of benzene rings is 3. The highest BCUT2D eigenvalue weighted by molar-refractivity contribution is 5.88. The Morgan fingerprint density at radius 2 is 1.94 bits per heavy atom. The monoisotopic (exact) mass is 449 g/mol. The molecular formula is C27H19N3O4. The van der Waals surface area contributed by atoms with Crippen LogP contribution in [0.1, 0.15) is 5.56 Å². The van der Waals surface area contributed by atoms with E-state index < -0.39 is 0 Å². The second-order valence-corrected chi connectivity index (χ2v) is 7.36. The van der Waals surface area contributed by atoms with E-state index in [1.165, 1.54) is 4.68 Å². The zero-order valence-electron chi connectivity index (χ0n) is 18.3. The van der Waals surface area contributed by atoms with Crippen LogP contribution in [0.4, 0.5) is 0 Å². The average Bonchev–Trinajstić information content (AvgIpc) is 3.31. The zero-order valence-corrected chi connectivity index (χ0v) is 18.3. The number of ether oxygens (including phenoxy) is 2. The first-order chi connectivity index (χ1) is 16.7. The fraction of sp³-hybridized carbons (Fsp3) is 0.0741. The van der Waals surface area contributed by atoms with Crippen molar-refractivity contribution in [3.63, 3.8) is 0 Å². The van der Waals surface area contributed by atoms with E-state index in [1.807, 2.05) is 36.4 Å². The Bertz CT molecular complexity index is 1640. The number of fused-ring (bicyclic) bond motifs is 2. The van der Waals surface area contributed by atoms with Crippen molar-refractivity contribution >= 4 is 28.1 Å². The number of para-hydroxylation sites is 1. The molecule has 0 aliphatic rings. The van der Waals surface area contributed by atoms with E-state index in [1.54, 1.807) is 49.7 Å². The van der Waals surface area contributed by atoms with Gasteiger partial charge >= 0.3 is 0 Å². The third kappa shape index (κ3) is 3.89. The largest absolute Gasteiger partial charge is 0.496 e. The van der Waals surface area contributed by atoms with E-state index in [-0.39, 0.29) is 18.0 Å². The molecule has 5 rings (SSSR count). The fourth-order valence-corrected chi connectivity index (χ4v) is 3.65. The molecule has 0 saturated heterocycles. The molecule has 5 aromatic rings. The molecule has 0 bridgehead atoms. The summed E-state index contributed by atoms with van der Waals surface area (Å²) in [6.45, 7) is 0.161. The molecule has 0 aliphatic carbocycles. The number of nitrogens with zero attached hydrogens (tertiary/aromatic N) is 3. The Balaban J connectivity index is 1.67. The summed E-state index contributed by atoms with van der Waals surface area (Å²) in [7, 11) is 1.59. The van der Waals surface area contributed by atoms with Gasteiger partial charge in [0.15, 0.2) is 5.76 Å². The Labute approximate surface area is 194 Å². The zero-order chi connectivity index (χ0) is 23.5. The smallest absolute Gasteiger partial charge is 0.282 e. The van der Waals surface area contributed by atoms with Crippen LogP contribution in [-0.4, -0.2) is 29.6 Å². The molecule has 0 aliphatic heterocycles. The quantitative estimate of drug-likeness (QED) is 0.277. The summed E-state index contributed by atoms with van der Waals surface area (Å²) < 4.78 is 18.2. The molecule has 0 N–H and O–H groups in total. The van der Waals surface area contributed by atoms with Crippen molar-refractivity contribution in [2.75, 3.05) is 13.7 Å². The van der Waals surface area contributed by atoms with Gasteiger partial charge in [-0.05, 0) is 48.0 Å². The Morgan fingerprint density at radius 1 is 1.09 bits per heavy atom. The summed E-state index contributed by atoms with van der Waals surface area (Å²) in [5, 5.41) is 5.69. The summed E-state index contributed by atoms with van der Waals surface area (Å²) in [4.78, 5) is 18.1. The van der Waals surface area contributed by atoms with Crippen LogP contribution in [-0.2, 0) is 0 Å². The molecule has 7 nitrogen and oxygen atoms in total. The van der Waals surface area contributed by atoms with Crippen LogP contribution in [0.25, 0.3) is 33.5 Å². The van der Waals surface area contributed by atoms with Crippen molar-refractivity contribution in [2.24, 2.45) is 5.10 Å². The maximum Gasteiger partial charge on any atom is 0.282 e. The minimum atomic E-state index is -0.316. The van der Waals surface area contributed by atoms with Crippen LogP contribution in [0.5, 0.6) is 11.5 Å². The Kier molecular flexibility index (Phi) is 5.55. The highest BCUT2D eigenvalue weighted by Gasteiger charge is 2.17. The van der Waals surface area contributed by atoms with E-state index in [9.17, 15) is 4.79 Å². The number of hydrogen-bond donors (Lipinski definition) is 0. The van der Waals surface area contributed by atoms with Crippen molar-refractivity contribution in [1.82, 2.24) is 9.66 Å². The second-order valence-electron chi connectivity index (χ2n) is 7.36. The van der Waals surface area contributed by atoms with Crippen LogP contribution in [0, 0.1) is 12.3 Å². The van der Waals surface area contributed by atoms with Crippen LogP contribution < -0.4 is 15.0 Å². The lowest BCUT2D eigenvalue weighted by Gasteiger charge is -2.07. The maximum absolute atomic E-state index is 13.4. The summed E-state index contributed by atoms with van der Waals surface area (Å²) >= 11 is 0. The van der Waals surface area contributed by atoms with E-state index in [4.69, 9.17) is 25.3 Å². The lowest BCUT2D eigenvalue weighted by Crippen LogP contribution is -2.20. The predicted molar refractivity (Wildman–Crippen MR) is 132 cm³/mol. The normalized spacial score (nSPS) is 11.2. The molecule has 7 heteroatoms. The van der Waals surface area contributed by atoms with E-state index in [0.29, 0.717) is 33.7 Å². The van der Waals surface area contributed by atoms with Crippen molar-refractivity contribution in [1.29, 1.82) is 0 Å². The highest BCUT2D eigenvalue weighted by atomic mass is 16.5. The molecule has 2 heterocycles. The molecule has 0 fully saturated rings. The molecular weight excluding hydrogens is 430 g/mol. The molecule has 0 amide bonds. The summed E-state index contributed by atoms with van der Waals surface area (Å²) in [6.07, 6.45) is 6.83. The van der Waals surface area contributed by atoms with E-state index in [2.05, 4.69) is 11.0 Å². The van der Waals surface area contributed by atoms with Crippen molar-refractivity contribution in [2.45, 2.75) is 0 Å². The first-order valence-electron chi connectivity index (χ1n) is 10.5. The molecule has 0 spiro atoms. The third-order valence-electron chi connectivity index (χ3n) is 5.22. The number of rotatable bonds is 6. The fourth-order valence-electron chi connectivity index (χ4n) is 3.65. The predicted octanol–water partition coefficient (Wildman–Crippen LogP) is 4.71. The van der Waals surface area contributed by atoms with Crippen LogP contribution in [0.15, 0.2) is 87.1 Å².